The van der Waals surface area contributed by atoms with Gasteiger partial charge in [-0.15, -0.1) is 0 Å². The number of rotatable bonds is 6. The highest BCUT2D eigenvalue weighted by Gasteiger charge is 2.50. The van der Waals surface area contributed by atoms with Crippen LogP contribution in [-0.4, -0.2) is 29.2 Å². The Morgan fingerprint density at radius 2 is 1.62 bits per heavy atom. The molecule has 1 N–H and O–H groups in total. The fraction of sp³-hybridized carbons (Fsp3) is 0.125. The fourth-order valence-electron chi connectivity index (χ4n) is 3.47. The predicted molar refractivity (Wildman–Crippen MR) is 111 cm³/mol. The topological polar surface area (TPSA) is 75.7 Å². The van der Waals surface area contributed by atoms with Gasteiger partial charge in [-0.1, -0.05) is 18.2 Å². The number of carbonyl (C=O) groups is 3. The summed E-state index contributed by atoms with van der Waals surface area (Å²) in [6.45, 7) is 0.724. The summed E-state index contributed by atoms with van der Waals surface area (Å²) in [7, 11) is 0. The molecule has 4 rings (SSSR count). The Bertz CT molecular complexity index is 1200. The Kier molecular flexibility index (Phi) is 5.44. The van der Waals surface area contributed by atoms with E-state index in [1.54, 1.807) is 24.3 Å². The van der Waals surface area contributed by atoms with Gasteiger partial charge in [0.05, 0.1) is 6.54 Å². The number of carbonyl (C=O) groups excluding carboxylic acids is 3. The van der Waals surface area contributed by atoms with Gasteiger partial charge in [-0.05, 0) is 61.5 Å². The lowest BCUT2D eigenvalue weighted by Crippen LogP contribution is -2.42. The van der Waals surface area contributed by atoms with Crippen molar-refractivity contribution < 1.29 is 27.9 Å². The molecule has 162 valence electrons. The molecule has 1 fully saturated rings. The van der Waals surface area contributed by atoms with E-state index in [9.17, 15) is 23.2 Å². The van der Waals surface area contributed by atoms with Crippen molar-refractivity contribution in [1.82, 2.24) is 10.2 Å². The van der Waals surface area contributed by atoms with Crippen molar-refractivity contribution in [2.24, 2.45) is 0 Å². The first-order valence-corrected chi connectivity index (χ1v) is 9.74. The van der Waals surface area contributed by atoms with Gasteiger partial charge in [-0.2, -0.15) is 0 Å². The van der Waals surface area contributed by atoms with Crippen molar-refractivity contribution in [1.29, 1.82) is 0 Å². The lowest BCUT2D eigenvalue weighted by atomic mass is 9.91. The molecule has 1 aliphatic heterocycles. The summed E-state index contributed by atoms with van der Waals surface area (Å²) in [6.07, 6.45) is 0. The van der Waals surface area contributed by atoms with E-state index in [4.69, 9.17) is 4.74 Å². The number of hydrogen-bond donors (Lipinski definition) is 1. The number of nitrogens with zero attached hydrogens (tertiary/aromatic N) is 1. The first kappa shape index (κ1) is 21.2. The molecule has 1 unspecified atom stereocenters. The van der Waals surface area contributed by atoms with Gasteiger partial charge in [0, 0.05) is 11.1 Å². The van der Waals surface area contributed by atoms with Crippen molar-refractivity contribution in [2.75, 3.05) is 6.54 Å². The summed E-state index contributed by atoms with van der Waals surface area (Å²) in [6, 6.07) is 17.1. The second-order valence-electron chi connectivity index (χ2n) is 7.43. The molecular weight excluding hydrogens is 418 g/mol. The van der Waals surface area contributed by atoms with E-state index in [0.29, 0.717) is 16.4 Å². The minimum Gasteiger partial charge on any atom is -0.457 e. The molecule has 1 saturated heterocycles. The van der Waals surface area contributed by atoms with E-state index in [1.165, 1.54) is 19.1 Å². The predicted octanol–water partition coefficient (Wildman–Crippen LogP) is 4.41. The van der Waals surface area contributed by atoms with Crippen molar-refractivity contribution >= 4 is 17.7 Å². The van der Waals surface area contributed by atoms with Crippen LogP contribution in [0.5, 0.6) is 11.5 Å². The van der Waals surface area contributed by atoms with Gasteiger partial charge < -0.3 is 10.1 Å². The minimum absolute atomic E-state index is 0.261. The maximum absolute atomic E-state index is 14.2. The SMILES string of the molecule is CC1(c2cc(F)ccc2F)NC(=O)N(CC(=O)c2ccc(Oc3ccccc3)cc2)C1=O. The third-order valence-electron chi connectivity index (χ3n) is 5.20. The van der Waals surface area contributed by atoms with E-state index in [0.717, 1.165) is 18.2 Å². The van der Waals surface area contributed by atoms with E-state index in [2.05, 4.69) is 5.32 Å². The van der Waals surface area contributed by atoms with Crippen LogP contribution in [0.3, 0.4) is 0 Å². The zero-order chi connectivity index (χ0) is 22.9. The van der Waals surface area contributed by atoms with Crippen LogP contribution < -0.4 is 10.1 Å². The van der Waals surface area contributed by atoms with Gasteiger partial charge >= 0.3 is 6.03 Å². The molecule has 32 heavy (non-hydrogen) atoms. The number of para-hydroxylation sites is 1. The smallest absolute Gasteiger partial charge is 0.325 e. The standard InChI is InChI=1S/C24H18F2N2O4/c1-24(19-13-16(25)9-12-20(19)26)22(30)28(23(31)27-24)14-21(29)15-7-10-18(11-8-15)32-17-5-3-2-4-6-17/h2-13H,14H2,1H3,(H,27,31). The molecule has 1 atom stereocenters. The van der Waals surface area contributed by atoms with Gasteiger partial charge in [0.2, 0.25) is 0 Å². The Morgan fingerprint density at radius 3 is 2.31 bits per heavy atom. The maximum atomic E-state index is 14.2. The van der Waals surface area contributed by atoms with Gasteiger partial charge in [0.1, 0.15) is 28.7 Å². The molecule has 1 aliphatic rings. The Hall–Kier alpha value is -4.07. The van der Waals surface area contributed by atoms with Crippen LogP contribution in [0.2, 0.25) is 0 Å². The largest absolute Gasteiger partial charge is 0.457 e. The molecule has 0 saturated carbocycles. The van der Waals surface area contributed by atoms with Crippen molar-refractivity contribution in [3.63, 3.8) is 0 Å². The summed E-state index contributed by atoms with van der Waals surface area (Å²) in [5, 5.41) is 2.37. The molecule has 6 nitrogen and oxygen atoms in total. The fourth-order valence-corrected chi connectivity index (χ4v) is 3.47. The number of amides is 3. The van der Waals surface area contributed by atoms with Crippen LogP contribution in [0.4, 0.5) is 13.6 Å². The van der Waals surface area contributed by atoms with Crippen molar-refractivity contribution in [3.8, 4) is 11.5 Å². The molecule has 0 aromatic heterocycles. The lowest BCUT2D eigenvalue weighted by molar-refractivity contribution is -0.130. The van der Waals surface area contributed by atoms with Gasteiger partial charge in [0.25, 0.3) is 5.91 Å². The number of benzene rings is 3. The number of imide groups is 1. The van der Waals surface area contributed by atoms with Crippen molar-refractivity contribution in [3.05, 3.63) is 95.6 Å². The van der Waals surface area contributed by atoms with Gasteiger partial charge in [0.15, 0.2) is 5.78 Å². The molecule has 3 amide bonds. The molecule has 8 heteroatoms. The number of hydrogen-bond acceptors (Lipinski definition) is 4. The summed E-state index contributed by atoms with van der Waals surface area (Å²) >= 11 is 0. The summed E-state index contributed by atoms with van der Waals surface area (Å²) < 4.78 is 33.5. The van der Waals surface area contributed by atoms with E-state index in [-0.39, 0.29) is 11.1 Å². The molecule has 0 spiro atoms. The van der Waals surface area contributed by atoms with Crippen LogP contribution >= 0.6 is 0 Å². The second-order valence-corrected chi connectivity index (χ2v) is 7.43. The first-order chi connectivity index (χ1) is 15.3. The third kappa shape index (κ3) is 3.94. The first-order valence-electron chi connectivity index (χ1n) is 9.74. The monoisotopic (exact) mass is 436 g/mol. The van der Waals surface area contributed by atoms with Gasteiger partial charge in [-0.3, -0.25) is 14.5 Å². The van der Waals surface area contributed by atoms with E-state index in [1.807, 2.05) is 18.2 Å². The molecule has 0 aliphatic carbocycles. The number of ketones is 1. The minimum atomic E-state index is -1.82. The van der Waals surface area contributed by atoms with Crippen LogP contribution in [0.15, 0.2) is 72.8 Å². The quantitative estimate of drug-likeness (QED) is 0.459. The normalized spacial score (nSPS) is 17.9. The number of Topliss-reactive ketones (excluding diaryl/α,β-unsaturated/α-hetero) is 1. The summed E-state index contributed by atoms with van der Waals surface area (Å²) in [4.78, 5) is 38.7. The second kappa shape index (κ2) is 8.22. The Morgan fingerprint density at radius 1 is 0.969 bits per heavy atom. The maximum Gasteiger partial charge on any atom is 0.325 e. The molecule has 0 bridgehead atoms. The highest BCUT2D eigenvalue weighted by atomic mass is 19.1. The summed E-state index contributed by atoms with van der Waals surface area (Å²) in [5.41, 5.74) is -1.87. The molecule has 0 radical (unpaired) electrons. The summed E-state index contributed by atoms with van der Waals surface area (Å²) in [5.74, 6) is -1.79. The Labute approximate surface area is 182 Å². The van der Waals surface area contributed by atoms with Crippen LogP contribution in [0, 0.1) is 11.6 Å². The average molecular weight is 436 g/mol. The van der Waals surface area contributed by atoms with E-state index < -0.39 is 41.4 Å². The number of halogens is 2. The highest BCUT2D eigenvalue weighted by molar-refractivity contribution is 6.11. The molecule has 3 aromatic rings. The van der Waals surface area contributed by atoms with E-state index >= 15 is 0 Å². The lowest BCUT2D eigenvalue weighted by Gasteiger charge is -2.22. The third-order valence-corrected chi connectivity index (χ3v) is 5.20. The number of nitrogens with one attached hydrogen (secondary N) is 1. The zero-order valence-electron chi connectivity index (χ0n) is 17.0. The number of ether oxygens (including phenoxy) is 1. The number of urea groups is 1. The average Bonchev–Trinajstić information content (AvgIpc) is 3.00. The molecule has 3 aromatic carbocycles. The molecular formula is C24H18F2N2O4. The van der Waals surface area contributed by atoms with Crippen LogP contribution in [0.25, 0.3) is 0 Å². The van der Waals surface area contributed by atoms with Gasteiger partial charge in [-0.25, -0.2) is 13.6 Å². The molecule has 1 heterocycles. The van der Waals surface area contributed by atoms with Crippen LogP contribution in [-0.2, 0) is 10.3 Å². The Balaban J connectivity index is 1.49. The highest BCUT2D eigenvalue weighted by Crippen LogP contribution is 2.31. The van der Waals surface area contributed by atoms with Crippen molar-refractivity contribution in [2.45, 2.75) is 12.5 Å². The van der Waals surface area contributed by atoms with Crippen LogP contribution in [0.1, 0.15) is 22.8 Å². The zero-order valence-corrected chi connectivity index (χ0v) is 17.0.